The number of likely N-dealkylation sites (tertiary alicyclic amines) is 1. The molecule has 1 fully saturated rings. The van der Waals surface area contributed by atoms with Crippen LogP contribution in [0.5, 0.6) is 11.5 Å². The van der Waals surface area contributed by atoms with E-state index in [-0.39, 0.29) is 18.4 Å². The molecule has 3 aromatic rings. The fourth-order valence-corrected chi connectivity index (χ4v) is 6.96. The number of carbonyl (C=O) groups is 2. The first-order chi connectivity index (χ1) is 21.6. The van der Waals surface area contributed by atoms with Gasteiger partial charge in [0.05, 0.1) is 47.3 Å². The quantitative estimate of drug-likeness (QED) is 0.261. The van der Waals surface area contributed by atoms with Gasteiger partial charge in [-0.3, -0.25) is 14.5 Å². The molecule has 2 aliphatic heterocycles. The summed E-state index contributed by atoms with van der Waals surface area (Å²) < 4.78 is 12.2. The Morgan fingerprint density at radius 3 is 2.60 bits per heavy atom. The maximum Gasteiger partial charge on any atom is 0.308 e. The van der Waals surface area contributed by atoms with E-state index in [2.05, 4.69) is 51.2 Å². The molecule has 5 rings (SSSR count). The number of nitrogens with zero attached hydrogens (tertiary/aromatic N) is 3. The first-order valence-corrected chi connectivity index (χ1v) is 16.1. The predicted octanol–water partition coefficient (Wildman–Crippen LogP) is 5.38. The summed E-state index contributed by atoms with van der Waals surface area (Å²) in [6.45, 7) is 4.86. The van der Waals surface area contributed by atoms with Crippen LogP contribution < -0.4 is 14.4 Å². The number of ether oxygens (including phenoxy) is 2. The molecule has 0 spiro atoms. The van der Waals surface area contributed by atoms with E-state index in [0.717, 1.165) is 64.2 Å². The molecule has 3 atom stereocenters. The lowest BCUT2D eigenvalue weighted by Gasteiger charge is -2.30. The third kappa shape index (κ3) is 7.68. The van der Waals surface area contributed by atoms with Crippen molar-refractivity contribution in [3.8, 4) is 11.5 Å². The molecule has 0 aromatic heterocycles. The molecule has 1 saturated heterocycles. The summed E-state index contributed by atoms with van der Waals surface area (Å²) in [6.07, 6.45) is 3.13. The predicted molar refractivity (Wildman–Crippen MR) is 177 cm³/mol. The maximum atomic E-state index is 14.3. The Morgan fingerprint density at radius 2 is 1.87 bits per heavy atom. The largest absolute Gasteiger partial charge is 0.496 e. The van der Waals surface area contributed by atoms with Gasteiger partial charge in [0.25, 0.3) is 0 Å². The van der Waals surface area contributed by atoms with Gasteiger partial charge in [0.2, 0.25) is 5.91 Å². The monoisotopic (exact) mass is 614 g/mol. The molecular formula is C37H48N3O5+. The average molecular weight is 615 g/mol. The molecule has 2 heterocycles. The van der Waals surface area contributed by atoms with Crippen molar-refractivity contribution in [1.82, 2.24) is 4.90 Å². The Hall–Kier alpha value is -3.88. The number of carboxylic acids is 1. The molecule has 3 aromatic carbocycles. The summed E-state index contributed by atoms with van der Waals surface area (Å²) in [5.41, 5.74) is 5.11. The van der Waals surface area contributed by atoms with Gasteiger partial charge < -0.3 is 24.0 Å². The Bertz CT molecular complexity index is 1500. The number of rotatable bonds is 13. The average Bonchev–Trinajstić information content (AvgIpc) is 3.61. The number of benzene rings is 3. The molecule has 8 heteroatoms. The van der Waals surface area contributed by atoms with Crippen molar-refractivity contribution >= 4 is 17.6 Å². The van der Waals surface area contributed by atoms with Gasteiger partial charge in [-0.2, -0.15) is 0 Å². The van der Waals surface area contributed by atoms with Crippen LogP contribution in [-0.2, 0) is 29.0 Å². The highest BCUT2D eigenvalue weighted by molar-refractivity contribution is 5.95. The highest BCUT2D eigenvalue weighted by atomic mass is 16.5. The molecule has 0 bridgehead atoms. The third-order valence-electron chi connectivity index (χ3n) is 9.05. The Balaban J connectivity index is 1.48. The number of carbonyl (C=O) groups excluding carboxylic acids is 1. The van der Waals surface area contributed by atoms with E-state index in [1.54, 1.807) is 7.11 Å². The van der Waals surface area contributed by atoms with Crippen LogP contribution in [0.4, 0.5) is 5.69 Å². The highest BCUT2D eigenvalue weighted by Gasteiger charge is 2.47. The minimum atomic E-state index is -0.845. The van der Waals surface area contributed by atoms with Gasteiger partial charge in [-0.05, 0) is 53.8 Å². The lowest BCUT2D eigenvalue weighted by molar-refractivity contribution is -0.884. The van der Waals surface area contributed by atoms with Crippen molar-refractivity contribution in [3.63, 3.8) is 0 Å². The number of quaternary nitrogens is 1. The number of carboxylic acid groups (broad SMARTS) is 1. The molecular weight excluding hydrogens is 566 g/mol. The summed E-state index contributed by atoms with van der Waals surface area (Å²) in [6, 6.07) is 21.7. The zero-order chi connectivity index (χ0) is 32.1. The number of para-hydroxylation sites is 1. The Morgan fingerprint density at radius 1 is 1.07 bits per heavy atom. The summed E-state index contributed by atoms with van der Waals surface area (Å²) in [5.74, 6) is -0.214. The maximum absolute atomic E-state index is 14.3. The first kappa shape index (κ1) is 32.5. The molecule has 1 amide bonds. The van der Waals surface area contributed by atoms with Gasteiger partial charge >= 0.3 is 5.97 Å². The third-order valence-corrected chi connectivity index (χ3v) is 9.05. The fraction of sp³-hybridized carbons (Fsp3) is 0.459. The molecule has 2 aliphatic rings. The lowest BCUT2D eigenvalue weighted by atomic mass is 9.82. The molecule has 0 saturated carbocycles. The van der Waals surface area contributed by atoms with E-state index in [4.69, 9.17) is 9.47 Å². The minimum Gasteiger partial charge on any atom is -0.496 e. The number of aliphatic carboxylic acids is 1. The van der Waals surface area contributed by atoms with Crippen LogP contribution in [-0.4, -0.2) is 86.9 Å². The van der Waals surface area contributed by atoms with E-state index >= 15 is 0 Å². The summed E-state index contributed by atoms with van der Waals surface area (Å²) in [7, 11) is 8.11. The van der Waals surface area contributed by atoms with Gasteiger partial charge in [-0.1, -0.05) is 55.8 Å². The molecule has 45 heavy (non-hydrogen) atoms. The zero-order valence-electron chi connectivity index (χ0n) is 27.4. The molecule has 8 nitrogen and oxygen atoms in total. The second-order valence-electron chi connectivity index (χ2n) is 13.5. The number of anilines is 1. The van der Waals surface area contributed by atoms with Gasteiger partial charge in [-0.15, -0.1) is 0 Å². The number of unbranched alkanes of at least 4 members (excludes halogenated alkanes) is 1. The van der Waals surface area contributed by atoms with Crippen LogP contribution in [0.15, 0.2) is 66.7 Å². The SMILES string of the molecule is CCCCN(C(=O)CN1C[C@H](c2ccc3c(c2)CCO3)C(C(=O)O)[C@@H]1Cc1ccccc1OC)c1cccc(C[N+](C)(C)C)c1. The smallest absolute Gasteiger partial charge is 0.308 e. The molecule has 1 N–H and O–H groups in total. The Labute approximate surface area is 267 Å². The van der Waals surface area contributed by atoms with Crippen LogP contribution in [0.1, 0.15) is 47.9 Å². The van der Waals surface area contributed by atoms with E-state index in [0.29, 0.717) is 26.1 Å². The van der Waals surface area contributed by atoms with Crippen LogP contribution in [0.2, 0.25) is 0 Å². The van der Waals surface area contributed by atoms with Crippen molar-refractivity contribution in [1.29, 1.82) is 0 Å². The second-order valence-corrected chi connectivity index (χ2v) is 13.5. The van der Waals surface area contributed by atoms with Crippen LogP contribution in [0.25, 0.3) is 0 Å². The van der Waals surface area contributed by atoms with Gasteiger partial charge in [-0.25, -0.2) is 0 Å². The Kier molecular flexibility index (Phi) is 10.1. The van der Waals surface area contributed by atoms with Crippen molar-refractivity contribution in [2.24, 2.45) is 5.92 Å². The number of hydrogen-bond acceptors (Lipinski definition) is 5. The van der Waals surface area contributed by atoms with E-state index in [9.17, 15) is 14.7 Å². The van der Waals surface area contributed by atoms with Gasteiger partial charge in [0.1, 0.15) is 18.0 Å². The molecule has 0 aliphatic carbocycles. The van der Waals surface area contributed by atoms with Gasteiger partial charge in [0, 0.05) is 42.7 Å². The number of amides is 1. The highest BCUT2D eigenvalue weighted by Crippen LogP contribution is 2.42. The molecule has 240 valence electrons. The normalized spacial score (nSPS) is 19.6. The topological polar surface area (TPSA) is 79.3 Å². The summed E-state index contributed by atoms with van der Waals surface area (Å²) in [5, 5.41) is 10.7. The summed E-state index contributed by atoms with van der Waals surface area (Å²) >= 11 is 0. The number of methoxy groups -OCH3 is 1. The van der Waals surface area contributed by atoms with Crippen LogP contribution in [0, 0.1) is 5.92 Å². The van der Waals surface area contributed by atoms with Crippen LogP contribution >= 0.6 is 0 Å². The zero-order valence-corrected chi connectivity index (χ0v) is 27.4. The fourth-order valence-electron chi connectivity index (χ4n) is 6.96. The van der Waals surface area contributed by atoms with Gasteiger partial charge in [0.15, 0.2) is 0 Å². The second kappa shape index (κ2) is 14.0. The van der Waals surface area contributed by atoms with Crippen molar-refractivity contribution < 1.29 is 28.7 Å². The van der Waals surface area contributed by atoms with E-state index in [1.165, 1.54) is 5.56 Å². The van der Waals surface area contributed by atoms with Crippen LogP contribution in [0.3, 0.4) is 0 Å². The molecule has 1 unspecified atom stereocenters. The number of fused-ring (bicyclic) bond motifs is 1. The van der Waals surface area contributed by atoms with Crippen molar-refractivity contribution in [2.45, 2.75) is 51.1 Å². The van der Waals surface area contributed by atoms with E-state index < -0.39 is 17.9 Å². The lowest BCUT2D eigenvalue weighted by Crippen LogP contribution is -2.45. The molecule has 0 radical (unpaired) electrons. The minimum absolute atomic E-state index is 0.0111. The van der Waals surface area contributed by atoms with Crippen molar-refractivity contribution in [2.75, 3.05) is 59.4 Å². The summed E-state index contributed by atoms with van der Waals surface area (Å²) in [4.78, 5) is 31.4. The van der Waals surface area contributed by atoms with Crippen molar-refractivity contribution in [3.05, 3.63) is 89.0 Å². The standard InChI is InChI=1S/C37H47N3O5/c1-6-7-18-39(30-13-10-11-26(20-30)25-40(2,3)4)35(41)24-38-23-31(27-15-16-34-29(21-27)17-19-45-34)36(37(42)43)32(38)22-28-12-8-9-14-33(28)44-5/h8-16,20-21,31-32,36H,6-7,17-19,22-25H2,1-5H3/p+1/t31-,32+,36?/m1/s1. The number of hydrogen-bond donors (Lipinski definition) is 1. The first-order valence-electron chi connectivity index (χ1n) is 16.1. The van der Waals surface area contributed by atoms with E-state index in [1.807, 2.05) is 53.4 Å².